The van der Waals surface area contributed by atoms with E-state index in [1.807, 2.05) is 25.1 Å². The van der Waals surface area contributed by atoms with E-state index in [9.17, 15) is 9.59 Å². The number of H-pyrrole nitrogens is 1. The molecule has 7 N–H and O–H groups in total. The van der Waals surface area contributed by atoms with Gasteiger partial charge in [-0.2, -0.15) is 5.10 Å². The summed E-state index contributed by atoms with van der Waals surface area (Å²) in [7, 11) is 0. The summed E-state index contributed by atoms with van der Waals surface area (Å²) in [5.74, 6) is -0.756. The van der Waals surface area contributed by atoms with E-state index in [0.717, 1.165) is 79.4 Å². The average Bonchev–Trinajstić information content (AvgIpc) is 3.59. The number of likely N-dealkylation sites (tertiary alicyclic amines) is 1. The number of hydrogen-bond donors (Lipinski definition) is 5. The predicted octanol–water partition coefficient (Wildman–Crippen LogP) is 3.69. The lowest BCUT2D eigenvalue weighted by Crippen LogP contribution is -2.38. The van der Waals surface area contributed by atoms with Gasteiger partial charge in [0.05, 0.1) is 17.1 Å². The van der Waals surface area contributed by atoms with Crippen LogP contribution in [0.5, 0.6) is 0 Å². The van der Waals surface area contributed by atoms with E-state index in [0.29, 0.717) is 5.70 Å². The Bertz CT molecular complexity index is 1290. The average molecular weight is 532 g/mol. The van der Waals surface area contributed by atoms with Crippen LogP contribution < -0.4 is 22.1 Å². The summed E-state index contributed by atoms with van der Waals surface area (Å²) in [5.41, 5.74) is 16.4. The molecule has 1 saturated carbocycles. The van der Waals surface area contributed by atoms with Crippen LogP contribution in [-0.4, -0.2) is 52.6 Å². The van der Waals surface area contributed by atoms with Gasteiger partial charge in [-0.05, 0) is 79.9 Å². The van der Waals surface area contributed by atoms with E-state index in [1.54, 1.807) is 18.4 Å². The minimum absolute atomic E-state index is 0.0241. The van der Waals surface area contributed by atoms with Crippen LogP contribution in [-0.2, 0) is 4.79 Å². The molecule has 1 aliphatic carbocycles. The molecular formula is C30H41N7O2. The van der Waals surface area contributed by atoms with Gasteiger partial charge in [0.25, 0.3) is 5.91 Å². The molecule has 2 fully saturated rings. The number of hydrogen-bond acceptors (Lipinski definition) is 6. The molecule has 39 heavy (non-hydrogen) atoms. The van der Waals surface area contributed by atoms with Gasteiger partial charge < -0.3 is 22.1 Å². The molecule has 1 saturated heterocycles. The van der Waals surface area contributed by atoms with E-state index >= 15 is 0 Å². The van der Waals surface area contributed by atoms with Gasteiger partial charge in [-0.15, -0.1) is 0 Å². The minimum atomic E-state index is -0.384. The maximum atomic E-state index is 13.2. The second-order valence-corrected chi connectivity index (χ2v) is 10.4. The highest BCUT2D eigenvalue weighted by molar-refractivity contribution is 6.06. The van der Waals surface area contributed by atoms with Crippen LogP contribution in [0.15, 0.2) is 60.1 Å². The van der Waals surface area contributed by atoms with Crippen LogP contribution in [0.3, 0.4) is 0 Å². The van der Waals surface area contributed by atoms with Crippen LogP contribution in [0.1, 0.15) is 68.4 Å². The van der Waals surface area contributed by atoms with Gasteiger partial charge in [-0.3, -0.25) is 19.6 Å². The van der Waals surface area contributed by atoms with E-state index in [-0.39, 0.29) is 29.5 Å². The molecule has 1 aromatic carbocycles. The number of benzene rings is 1. The molecule has 0 radical (unpaired) electrons. The molecule has 1 atom stereocenters. The molecule has 0 spiro atoms. The molecule has 2 amide bonds. The zero-order valence-corrected chi connectivity index (χ0v) is 23.0. The summed E-state index contributed by atoms with van der Waals surface area (Å²) in [4.78, 5) is 28.0. The Labute approximate surface area is 230 Å². The Morgan fingerprint density at radius 3 is 2.59 bits per heavy atom. The van der Waals surface area contributed by atoms with E-state index < -0.39 is 0 Å². The fourth-order valence-corrected chi connectivity index (χ4v) is 5.01. The monoisotopic (exact) mass is 531 g/mol. The quantitative estimate of drug-likeness (QED) is 0.280. The number of amides is 2. The van der Waals surface area contributed by atoms with Crippen LogP contribution in [0.25, 0.3) is 16.5 Å². The van der Waals surface area contributed by atoms with E-state index in [4.69, 9.17) is 11.5 Å². The number of aromatic amines is 1. The van der Waals surface area contributed by atoms with Crippen LogP contribution >= 0.6 is 0 Å². The summed E-state index contributed by atoms with van der Waals surface area (Å²) in [6, 6.07) is 6.21. The fraction of sp³-hybridized carbons (Fsp3) is 0.433. The molecule has 0 bridgehead atoms. The Balaban J connectivity index is 1.46. The van der Waals surface area contributed by atoms with Crippen molar-refractivity contribution in [2.24, 2.45) is 17.4 Å². The third kappa shape index (κ3) is 7.17. The number of aromatic nitrogens is 2. The number of allylic oxidation sites excluding steroid dienone is 2. The zero-order valence-electron chi connectivity index (χ0n) is 23.0. The number of rotatable bonds is 11. The second kappa shape index (κ2) is 13.3. The van der Waals surface area contributed by atoms with Crippen molar-refractivity contribution in [1.29, 1.82) is 0 Å². The third-order valence-corrected chi connectivity index (χ3v) is 7.58. The number of nitrogens with zero attached hydrogens (tertiary/aromatic N) is 2. The van der Waals surface area contributed by atoms with Crippen molar-refractivity contribution in [3.8, 4) is 0 Å². The molecule has 4 rings (SSSR count). The van der Waals surface area contributed by atoms with Crippen LogP contribution in [0.2, 0.25) is 0 Å². The molecule has 9 heteroatoms. The number of nitrogens with one attached hydrogen (secondary N) is 3. The highest BCUT2D eigenvalue weighted by Gasteiger charge is 2.20. The van der Waals surface area contributed by atoms with Gasteiger partial charge in [0, 0.05) is 24.2 Å². The van der Waals surface area contributed by atoms with Gasteiger partial charge in [0.2, 0.25) is 5.91 Å². The lowest BCUT2D eigenvalue weighted by molar-refractivity contribution is -0.123. The highest BCUT2D eigenvalue weighted by atomic mass is 16.2. The molecule has 1 unspecified atom stereocenters. The summed E-state index contributed by atoms with van der Waals surface area (Å²) < 4.78 is 0. The topological polar surface area (TPSA) is 142 Å². The van der Waals surface area contributed by atoms with Crippen LogP contribution in [0.4, 0.5) is 0 Å². The highest BCUT2D eigenvalue weighted by Crippen LogP contribution is 2.26. The van der Waals surface area contributed by atoms with Gasteiger partial charge in [0.15, 0.2) is 5.69 Å². The summed E-state index contributed by atoms with van der Waals surface area (Å²) >= 11 is 0. The Morgan fingerprint density at radius 1 is 1.18 bits per heavy atom. The van der Waals surface area contributed by atoms with Crippen molar-refractivity contribution in [3.05, 3.63) is 71.4 Å². The number of carbonyl (C=O) groups is 2. The molecule has 1 aliphatic heterocycles. The Kier molecular flexibility index (Phi) is 9.59. The SMILES string of the molecule is CC/C(=C\C(=C/N)CN1CCC1)c1ccc2[nH]nc(C(=O)NC(/C=C\C(C)C(=O)NC3CCCC3)=C/N)c2c1. The maximum absolute atomic E-state index is 13.2. The smallest absolute Gasteiger partial charge is 0.276 e. The largest absolute Gasteiger partial charge is 0.404 e. The molecule has 208 valence electrons. The number of fused-ring (bicyclic) bond motifs is 1. The van der Waals surface area contributed by atoms with Crippen molar-refractivity contribution >= 4 is 28.3 Å². The van der Waals surface area contributed by atoms with Crippen molar-refractivity contribution in [3.63, 3.8) is 0 Å². The molecule has 2 aromatic rings. The van der Waals surface area contributed by atoms with E-state index in [1.165, 1.54) is 12.6 Å². The lowest BCUT2D eigenvalue weighted by Gasteiger charge is -2.31. The normalized spacial score (nSPS) is 18.5. The number of carbonyl (C=O) groups excluding carboxylic acids is 2. The summed E-state index contributed by atoms with van der Waals surface area (Å²) in [5, 5.41) is 13.8. The van der Waals surface area contributed by atoms with Gasteiger partial charge >= 0.3 is 0 Å². The van der Waals surface area contributed by atoms with Gasteiger partial charge in [-0.25, -0.2) is 0 Å². The van der Waals surface area contributed by atoms with E-state index in [2.05, 4.69) is 38.7 Å². The number of nitrogens with two attached hydrogens (primary N) is 2. The van der Waals surface area contributed by atoms with Crippen molar-refractivity contribution in [1.82, 2.24) is 25.7 Å². The predicted molar refractivity (Wildman–Crippen MR) is 156 cm³/mol. The molecule has 2 heterocycles. The zero-order chi connectivity index (χ0) is 27.8. The van der Waals surface area contributed by atoms with Gasteiger partial charge in [0.1, 0.15) is 0 Å². The maximum Gasteiger partial charge on any atom is 0.276 e. The first-order valence-electron chi connectivity index (χ1n) is 14.0. The Hall–Kier alpha value is -3.85. The first-order chi connectivity index (χ1) is 18.9. The minimum Gasteiger partial charge on any atom is -0.404 e. The van der Waals surface area contributed by atoms with Crippen molar-refractivity contribution < 1.29 is 9.59 Å². The summed E-state index contributed by atoms with van der Waals surface area (Å²) in [6.07, 6.45) is 15.0. The molecule has 9 nitrogen and oxygen atoms in total. The first kappa shape index (κ1) is 28.2. The second-order valence-electron chi connectivity index (χ2n) is 10.4. The van der Waals surface area contributed by atoms with Gasteiger partial charge in [-0.1, -0.05) is 44.9 Å². The lowest BCUT2D eigenvalue weighted by atomic mass is 9.98. The Morgan fingerprint density at radius 2 is 1.95 bits per heavy atom. The van der Waals surface area contributed by atoms with Crippen molar-refractivity contribution in [2.45, 2.75) is 58.4 Å². The standard InChI is InChI=1S/C30H41N7O2/c1-3-22(15-21(17-31)19-37-13-6-14-37)23-10-12-27-26(16-23)28(36-35-27)30(39)34-25(18-32)11-9-20(2)29(38)33-24-7-4-5-8-24/h9-12,15-18,20,24H,3-8,13-14,19,31-32H2,1-2H3,(H,33,38)(H,34,39)(H,35,36)/b11-9-,21-17+,22-15+,25-18+. The fourth-order valence-electron chi connectivity index (χ4n) is 5.01. The third-order valence-electron chi connectivity index (χ3n) is 7.58. The summed E-state index contributed by atoms with van der Waals surface area (Å²) in [6.45, 7) is 6.98. The van der Waals surface area contributed by atoms with Crippen molar-refractivity contribution in [2.75, 3.05) is 19.6 Å². The molecule has 2 aliphatic rings. The first-order valence-corrected chi connectivity index (χ1v) is 14.0. The van der Waals surface area contributed by atoms with Crippen LogP contribution in [0, 0.1) is 5.92 Å². The molecule has 1 aromatic heterocycles. The molecular weight excluding hydrogens is 490 g/mol.